The molecule has 1 atom stereocenters. The molecule has 2 aliphatic heterocycles. The van der Waals surface area contributed by atoms with Crippen molar-refractivity contribution in [3.8, 4) is 5.75 Å². The summed E-state index contributed by atoms with van der Waals surface area (Å²) in [7, 11) is 1.37. The van der Waals surface area contributed by atoms with Gasteiger partial charge in [0.2, 0.25) is 0 Å². The smallest absolute Gasteiger partial charge is 0.305 e. The predicted molar refractivity (Wildman–Crippen MR) is 132 cm³/mol. The Morgan fingerprint density at radius 2 is 2.08 bits per heavy atom. The summed E-state index contributed by atoms with van der Waals surface area (Å²) in [5.74, 6) is -0.865. The average molecular weight is 493 g/mol. The molecule has 0 radical (unpaired) electrons. The van der Waals surface area contributed by atoms with E-state index in [1.807, 2.05) is 16.8 Å². The van der Waals surface area contributed by atoms with Gasteiger partial charge in [0.05, 0.1) is 19.6 Å². The molecule has 4 heterocycles. The summed E-state index contributed by atoms with van der Waals surface area (Å²) < 4.78 is 21.3. The number of methoxy groups -OCH3 is 1. The molecule has 8 nitrogen and oxygen atoms in total. The number of rotatable bonds is 8. The second-order valence-corrected chi connectivity index (χ2v) is 9.27. The van der Waals surface area contributed by atoms with E-state index in [-0.39, 0.29) is 18.1 Å². The Hall–Kier alpha value is -3.88. The number of fused-ring (bicyclic) bond motifs is 2. The molecule has 0 aliphatic carbocycles. The first-order valence-corrected chi connectivity index (χ1v) is 12.2. The van der Waals surface area contributed by atoms with E-state index < -0.39 is 17.8 Å². The highest BCUT2D eigenvalue weighted by molar-refractivity contribution is 5.94. The fourth-order valence-corrected chi connectivity index (χ4v) is 5.08. The number of carbonyl (C=O) groups excluding carboxylic acids is 1. The number of carboxylic acids is 1. The molecule has 0 bridgehead atoms. The van der Waals surface area contributed by atoms with Gasteiger partial charge in [0.15, 0.2) is 11.6 Å². The van der Waals surface area contributed by atoms with Crippen molar-refractivity contribution in [3.05, 3.63) is 76.5 Å². The first-order valence-electron chi connectivity index (χ1n) is 12.2. The number of carboxylic acid groups (broad SMARTS) is 1. The van der Waals surface area contributed by atoms with Crippen LogP contribution in [-0.4, -0.2) is 51.6 Å². The van der Waals surface area contributed by atoms with Crippen LogP contribution in [0.3, 0.4) is 0 Å². The summed E-state index contributed by atoms with van der Waals surface area (Å²) in [6, 6.07) is 9.62. The molecule has 1 amide bonds. The van der Waals surface area contributed by atoms with E-state index in [1.165, 1.54) is 29.7 Å². The van der Waals surface area contributed by atoms with Gasteiger partial charge in [-0.3, -0.25) is 9.59 Å². The number of aromatic nitrogens is 2. The zero-order valence-corrected chi connectivity index (χ0v) is 20.2. The highest BCUT2D eigenvalue weighted by Crippen LogP contribution is 2.32. The molecule has 0 saturated heterocycles. The molecule has 188 valence electrons. The Labute approximate surface area is 208 Å². The molecule has 2 aromatic heterocycles. The number of aryl methyl sites for hydroxylation is 3. The van der Waals surface area contributed by atoms with Crippen LogP contribution in [0.2, 0.25) is 0 Å². The van der Waals surface area contributed by atoms with Gasteiger partial charge in [0, 0.05) is 31.5 Å². The zero-order chi connectivity index (χ0) is 25.2. The first kappa shape index (κ1) is 23.8. The number of amides is 1. The van der Waals surface area contributed by atoms with Crippen LogP contribution in [-0.2, 0) is 30.6 Å². The third-order valence-corrected chi connectivity index (χ3v) is 6.94. The molecule has 5 rings (SSSR count). The van der Waals surface area contributed by atoms with E-state index in [2.05, 4.69) is 17.4 Å². The maximum absolute atomic E-state index is 14.4. The van der Waals surface area contributed by atoms with Crippen molar-refractivity contribution in [2.24, 2.45) is 0 Å². The van der Waals surface area contributed by atoms with Gasteiger partial charge in [-0.05, 0) is 66.6 Å². The minimum absolute atomic E-state index is 0.0699. The van der Waals surface area contributed by atoms with E-state index in [4.69, 9.17) is 9.72 Å². The number of benzene rings is 1. The molecule has 2 aliphatic rings. The van der Waals surface area contributed by atoms with Gasteiger partial charge in [0.1, 0.15) is 11.5 Å². The molecule has 2 N–H and O–H groups in total. The largest absolute Gasteiger partial charge is 0.494 e. The second kappa shape index (κ2) is 10.0. The van der Waals surface area contributed by atoms with Gasteiger partial charge >= 0.3 is 5.97 Å². The Bertz CT molecular complexity index is 1300. The third-order valence-electron chi connectivity index (χ3n) is 6.94. The zero-order valence-electron chi connectivity index (χ0n) is 20.2. The van der Waals surface area contributed by atoms with Crippen molar-refractivity contribution in [2.75, 3.05) is 25.5 Å². The van der Waals surface area contributed by atoms with Gasteiger partial charge in [-0.2, -0.15) is 0 Å². The summed E-state index contributed by atoms with van der Waals surface area (Å²) in [4.78, 5) is 31.4. The summed E-state index contributed by atoms with van der Waals surface area (Å²) in [6.07, 6.45) is 5.33. The van der Waals surface area contributed by atoms with Crippen LogP contribution in [0.15, 0.2) is 42.6 Å². The van der Waals surface area contributed by atoms with Crippen molar-refractivity contribution in [3.63, 3.8) is 0 Å². The fourth-order valence-electron chi connectivity index (χ4n) is 5.08. The molecular formula is C27H29FN4O4. The lowest BCUT2D eigenvalue weighted by molar-refractivity contribution is -0.138. The monoisotopic (exact) mass is 492 g/mol. The lowest BCUT2D eigenvalue weighted by atomic mass is 10.00. The molecule has 0 spiro atoms. The lowest BCUT2D eigenvalue weighted by Gasteiger charge is -2.35. The average Bonchev–Trinajstić information content (AvgIpc) is 3.30. The van der Waals surface area contributed by atoms with E-state index in [9.17, 15) is 19.1 Å². The van der Waals surface area contributed by atoms with E-state index in [1.54, 1.807) is 6.07 Å². The van der Waals surface area contributed by atoms with Gasteiger partial charge in [0.25, 0.3) is 5.91 Å². The van der Waals surface area contributed by atoms with Crippen LogP contribution >= 0.6 is 0 Å². The van der Waals surface area contributed by atoms with Crippen LogP contribution < -0.4 is 10.1 Å². The second-order valence-electron chi connectivity index (χ2n) is 9.27. The number of anilines is 1. The molecular weight excluding hydrogens is 463 g/mol. The number of carbonyl (C=O) groups is 2. The summed E-state index contributed by atoms with van der Waals surface area (Å²) in [5.41, 5.74) is 4.22. The van der Waals surface area contributed by atoms with Crippen molar-refractivity contribution >= 4 is 17.7 Å². The highest BCUT2D eigenvalue weighted by Gasteiger charge is 2.33. The number of ether oxygens (including phenoxy) is 1. The lowest BCUT2D eigenvalue weighted by Crippen LogP contribution is -2.43. The number of hydrogen-bond acceptors (Lipinski definition) is 5. The molecule has 3 aromatic rings. The number of nitrogens with zero attached hydrogens (tertiary/aromatic N) is 3. The molecule has 9 heteroatoms. The number of pyridine rings is 1. The van der Waals surface area contributed by atoms with E-state index in [0.29, 0.717) is 24.3 Å². The maximum atomic E-state index is 14.4. The number of halogens is 1. The molecule has 1 unspecified atom stereocenters. The van der Waals surface area contributed by atoms with Gasteiger partial charge in [-0.1, -0.05) is 12.1 Å². The molecule has 0 saturated carbocycles. The summed E-state index contributed by atoms with van der Waals surface area (Å²) in [6.45, 7) is 1.82. The number of aliphatic carboxylic acids is 1. The minimum Gasteiger partial charge on any atom is -0.494 e. The van der Waals surface area contributed by atoms with Crippen molar-refractivity contribution in [2.45, 2.75) is 44.7 Å². The van der Waals surface area contributed by atoms with Crippen LogP contribution in [0.4, 0.5) is 10.2 Å². The van der Waals surface area contributed by atoms with Gasteiger partial charge in [-0.15, -0.1) is 0 Å². The summed E-state index contributed by atoms with van der Waals surface area (Å²) >= 11 is 0. The molecule has 1 aromatic carbocycles. The Morgan fingerprint density at radius 1 is 1.22 bits per heavy atom. The fraction of sp³-hybridized carbons (Fsp3) is 0.370. The standard InChI is InChI=1S/C27H29FN4O4/c1-36-24-9-6-19(14-21(24)28)22(15-25(33)34)32-12-11-31-16-17(13-23(31)27(32)35)4-7-20-8-5-18-3-2-10-29-26(18)30-20/h5-6,8-9,13-14,16,22H,2-4,7,10-12,15H2,1H3,(H,29,30)(H,33,34). The van der Waals surface area contributed by atoms with Gasteiger partial charge < -0.3 is 24.6 Å². The van der Waals surface area contributed by atoms with Gasteiger partial charge in [-0.25, -0.2) is 9.37 Å². The molecule has 36 heavy (non-hydrogen) atoms. The molecule has 0 fully saturated rings. The normalized spacial score (nSPS) is 15.6. The SMILES string of the molecule is COc1ccc(C(CC(=O)O)N2CCn3cc(CCc4ccc5c(n4)NCCC5)cc3C2=O)cc1F. The Kier molecular flexibility index (Phi) is 6.63. The van der Waals surface area contributed by atoms with E-state index in [0.717, 1.165) is 49.3 Å². The van der Waals surface area contributed by atoms with Crippen molar-refractivity contribution in [1.82, 2.24) is 14.5 Å². The predicted octanol–water partition coefficient (Wildman–Crippen LogP) is 3.85. The van der Waals surface area contributed by atoms with E-state index >= 15 is 0 Å². The quantitative estimate of drug-likeness (QED) is 0.496. The minimum atomic E-state index is -1.06. The number of hydrogen-bond donors (Lipinski definition) is 2. The van der Waals surface area contributed by atoms with Crippen LogP contribution in [0.25, 0.3) is 0 Å². The highest BCUT2D eigenvalue weighted by atomic mass is 19.1. The van der Waals surface area contributed by atoms with Crippen LogP contribution in [0.1, 0.15) is 51.8 Å². The number of nitrogens with one attached hydrogen (secondary N) is 1. The first-order chi connectivity index (χ1) is 17.4. The van der Waals surface area contributed by atoms with Crippen LogP contribution in [0.5, 0.6) is 5.75 Å². The maximum Gasteiger partial charge on any atom is 0.305 e. The Balaban J connectivity index is 1.33. The topological polar surface area (TPSA) is 96.7 Å². The Morgan fingerprint density at radius 3 is 2.86 bits per heavy atom. The van der Waals surface area contributed by atoms with Crippen LogP contribution in [0, 0.1) is 5.82 Å². The van der Waals surface area contributed by atoms with Crippen molar-refractivity contribution in [1.29, 1.82) is 0 Å². The van der Waals surface area contributed by atoms with Crippen molar-refractivity contribution < 1.29 is 23.8 Å². The summed E-state index contributed by atoms with van der Waals surface area (Å²) in [5, 5.41) is 12.9. The third kappa shape index (κ3) is 4.78.